The highest BCUT2D eigenvalue weighted by Gasteiger charge is 2.28. The number of nitrogens with zero attached hydrogens (tertiary/aromatic N) is 7. The van der Waals surface area contributed by atoms with Gasteiger partial charge in [-0.25, -0.2) is 19.4 Å². The highest BCUT2D eigenvalue weighted by Crippen LogP contribution is 2.36. The Morgan fingerprint density at radius 3 is 2.59 bits per heavy atom. The number of aryl methyl sites for hydroxylation is 1. The molecule has 0 bridgehead atoms. The quantitative estimate of drug-likeness (QED) is 0.251. The van der Waals surface area contributed by atoms with Crippen molar-refractivity contribution in [1.29, 1.82) is 0 Å². The van der Waals surface area contributed by atoms with Gasteiger partial charge < -0.3 is 15.2 Å². The van der Waals surface area contributed by atoms with Gasteiger partial charge in [-0.3, -0.25) is 9.51 Å². The number of hydrogen-bond donors (Lipinski definition) is 3. The first kappa shape index (κ1) is 25.3. The summed E-state index contributed by atoms with van der Waals surface area (Å²) in [5.74, 6) is 2.72. The Hall–Kier alpha value is -4.03. The number of H-pyrrole nitrogens is 1. The molecular weight excluding hydrogens is 500 g/mol. The van der Waals surface area contributed by atoms with Gasteiger partial charge in [0.2, 0.25) is 17.6 Å². The van der Waals surface area contributed by atoms with E-state index in [0.29, 0.717) is 47.4 Å². The second-order valence-corrected chi connectivity index (χ2v) is 10.8. The molecule has 3 N–H and O–H groups in total. The summed E-state index contributed by atoms with van der Waals surface area (Å²) in [6, 6.07) is 0.215. The van der Waals surface area contributed by atoms with Gasteiger partial charge in [-0.1, -0.05) is 28.0 Å². The van der Waals surface area contributed by atoms with Crippen molar-refractivity contribution in [3.8, 4) is 11.6 Å². The minimum absolute atomic E-state index is 0.164. The minimum atomic E-state index is -0.661. The number of allylic oxidation sites excluding steroid dienone is 1. The molecule has 0 saturated heterocycles. The van der Waals surface area contributed by atoms with E-state index < -0.39 is 5.76 Å². The molecule has 2 fully saturated rings. The Balaban J connectivity index is 1.42. The fraction of sp³-hybridized carbons (Fsp3) is 0.577. The maximum Gasteiger partial charge on any atom is 0.439 e. The van der Waals surface area contributed by atoms with Crippen LogP contribution in [0.4, 0.5) is 11.8 Å². The second kappa shape index (κ2) is 10.6. The first-order chi connectivity index (χ1) is 19.0. The van der Waals surface area contributed by atoms with Crippen LogP contribution in [-0.4, -0.2) is 46.0 Å². The molecule has 0 aliphatic heterocycles. The van der Waals surface area contributed by atoms with Gasteiger partial charge in [-0.15, -0.1) is 6.58 Å². The first-order valence-electron chi connectivity index (χ1n) is 13.7. The molecule has 2 aliphatic carbocycles. The van der Waals surface area contributed by atoms with Gasteiger partial charge in [0.15, 0.2) is 11.5 Å². The molecule has 0 radical (unpaired) electrons. The van der Waals surface area contributed by atoms with Gasteiger partial charge in [0.05, 0.1) is 6.54 Å². The van der Waals surface area contributed by atoms with Crippen molar-refractivity contribution in [2.75, 3.05) is 10.6 Å². The molecule has 2 aliphatic rings. The fourth-order valence-electron chi connectivity index (χ4n) is 5.59. The Bertz CT molecular complexity index is 1510. The molecule has 4 aromatic rings. The van der Waals surface area contributed by atoms with Crippen LogP contribution >= 0.6 is 0 Å². The lowest BCUT2D eigenvalue weighted by Crippen LogP contribution is -2.31. The molecule has 0 aromatic carbocycles. The molecule has 0 amide bonds. The number of nitrogens with one attached hydrogen (secondary N) is 3. The topological polar surface area (TPSA) is 165 Å². The number of imidazole rings is 1. The number of fused-ring (bicyclic) bond motifs is 1. The van der Waals surface area contributed by atoms with E-state index in [1.807, 2.05) is 6.92 Å². The molecule has 0 spiro atoms. The summed E-state index contributed by atoms with van der Waals surface area (Å²) in [7, 11) is 0. The summed E-state index contributed by atoms with van der Waals surface area (Å²) < 4.78 is 11.8. The summed E-state index contributed by atoms with van der Waals surface area (Å²) in [6.45, 7) is 9.21. The SMILES string of the molecule is C=C[C@H]1CC[C@H](Cn2c(NCc3nonc3C)nc3nc(-c4noc(=O)[nH]4)nc(N[C@H](C)C4CCC4)c32)CC1. The van der Waals surface area contributed by atoms with Crippen molar-refractivity contribution in [2.24, 2.45) is 17.8 Å². The van der Waals surface area contributed by atoms with Crippen molar-refractivity contribution in [1.82, 2.24) is 40.0 Å². The predicted molar refractivity (Wildman–Crippen MR) is 144 cm³/mol. The Labute approximate surface area is 224 Å². The van der Waals surface area contributed by atoms with Crippen LogP contribution in [0.25, 0.3) is 22.8 Å². The van der Waals surface area contributed by atoms with Gasteiger partial charge >= 0.3 is 5.76 Å². The fourth-order valence-corrected chi connectivity index (χ4v) is 5.59. The van der Waals surface area contributed by atoms with E-state index >= 15 is 0 Å². The van der Waals surface area contributed by atoms with E-state index in [0.717, 1.165) is 43.4 Å². The maximum atomic E-state index is 11.7. The minimum Gasteiger partial charge on any atom is -0.365 e. The zero-order valence-electron chi connectivity index (χ0n) is 22.3. The first-order valence-corrected chi connectivity index (χ1v) is 13.7. The highest BCUT2D eigenvalue weighted by atomic mass is 16.6. The number of aromatic nitrogens is 8. The van der Waals surface area contributed by atoms with Gasteiger partial charge in [-0.05, 0) is 70.1 Å². The van der Waals surface area contributed by atoms with Crippen molar-refractivity contribution in [3.05, 3.63) is 34.6 Å². The van der Waals surface area contributed by atoms with Crippen LogP contribution in [0.3, 0.4) is 0 Å². The van der Waals surface area contributed by atoms with Crippen LogP contribution in [0.2, 0.25) is 0 Å². The molecule has 39 heavy (non-hydrogen) atoms. The second-order valence-electron chi connectivity index (χ2n) is 10.8. The Morgan fingerprint density at radius 1 is 1.13 bits per heavy atom. The van der Waals surface area contributed by atoms with Crippen LogP contribution < -0.4 is 16.4 Å². The predicted octanol–water partition coefficient (Wildman–Crippen LogP) is 4.07. The third-order valence-corrected chi connectivity index (χ3v) is 8.30. The lowest BCUT2D eigenvalue weighted by molar-refractivity contribution is 0.283. The van der Waals surface area contributed by atoms with Gasteiger partial charge in [0.25, 0.3) is 0 Å². The van der Waals surface area contributed by atoms with Crippen LogP contribution in [0.15, 0.2) is 26.6 Å². The Kier molecular flexibility index (Phi) is 6.88. The lowest BCUT2D eigenvalue weighted by atomic mass is 9.80. The molecule has 4 heterocycles. The molecular formula is C26H34N10O3. The number of hydrogen-bond acceptors (Lipinski definition) is 11. The summed E-state index contributed by atoms with van der Waals surface area (Å²) in [5, 5.41) is 18.8. The van der Waals surface area contributed by atoms with E-state index in [1.165, 1.54) is 19.3 Å². The zero-order valence-corrected chi connectivity index (χ0v) is 22.3. The number of aromatic amines is 1. The normalized spacial score (nSPS) is 20.6. The number of rotatable bonds is 10. The summed E-state index contributed by atoms with van der Waals surface area (Å²) >= 11 is 0. The summed E-state index contributed by atoms with van der Waals surface area (Å²) in [6.07, 6.45) is 10.2. The van der Waals surface area contributed by atoms with Crippen LogP contribution in [0.1, 0.15) is 63.3 Å². The largest absolute Gasteiger partial charge is 0.439 e. The van der Waals surface area contributed by atoms with Crippen molar-refractivity contribution in [3.63, 3.8) is 0 Å². The van der Waals surface area contributed by atoms with Gasteiger partial charge in [0, 0.05) is 12.6 Å². The van der Waals surface area contributed by atoms with Crippen LogP contribution in [0, 0.1) is 24.7 Å². The third kappa shape index (κ3) is 5.17. The van der Waals surface area contributed by atoms with Crippen LogP contribution in [-0.2, 0) is 13.1 Å². The van der Waals surface area contributed by atoms with E-state index in [2.05, 4.69) is 55.2 Å². The third-order valence-electron chi connectivity index (χ3n) is 8.30. The molecule has 13 nitrogen and oxygen atoms in total. The van der Waals surface area contributed by atoms with Crippen molar-refractivity contribution < 1.29 is 9.15 Å². The average Bonchev–Trinajstić information content (AvgIpc) is 3.60. The lowest BCUT2D eigenvalue weighted by Gasteiger charge is -2.32. The maximum absolute atomic E-state index is 11.7. The highest BCUT2D eigenvalue weighted by molar-refractivity contribution is 5.87. The van der Waals surface area contributed by atoms with E-state index in [1.54, 1.807) is 0 Å². The Morgan fingerprint density at radius 2 is 1.95 bits per heavy atom. The van der Waals surface area contributed by atoms with Crippen molar-refractivity contribution in [2.45, 2.75) is 77.9 Å². The smallest absolute Gasteiger partial charge is 0.365 e. The molecule has 0 unspecified atom stereocenters. The molecule has 2 saturated carbocycles. The zero-order chi connectivity index (χ0) is 26.9. The van der Waals surface area contributed by atoms with E-state index in [-0.39, 0.29) is 17.7 Å². The van der Waals surface area contributed by atoms with E-state index in [9.17, 15) is 4.79 Å². The van der Waals surface area contributed by atoms with Gasteiger partial charge in [0.1, 0.15) is 16.9 Å². The molecule has 1 atom stereocenters. The van der Waals surface area contributed by atoms with Crippen molar-refractivity contribution >= 4 is 22.9 Å². The monoisotopic (exact) mass is 534 g/mol. The summed E-state index contributed by atoms with van der Waals surface area (Å²) in [4.78, 5) is 28.6. The molecule has 4 aromatic heterocycles. The van der Waals surface area contributed by atoms with Gasteiger partial charge in [-0.2, -0.15) is 4.98 Å². The molecule has 206 valence electrons. The summed E-state index contributed by atoms with van der Waals surface area (Å²) in [5.41, 5.74) is 2.76. The van der Waals surface area contributed by atoms with E-state index in [4.69, 9.17) is 24.1 Å². The standard InChI is InChI=1S/C26H34N10O3/c1-4-16-8-10-17(11-9-16)13-36-20-21(28-14(2)18-6-5-7-18)29-23(24-32-26(37)38-35-24)30-22(20)31-25(36)27-12-19-15(3)33-39-34-19/h4,14,16-18H,1,5-13H2,2-3H3,(H,32,35,37)(H2,27,28,29,30,31)/t14-,16-,17-/m1/s1. The molecule has 6 rings (SSSR count). The molecule has 13 heteroatoms. The van der Waals surface area contributed by atoms with Crippen LogP contribution in [0.5, 0.6) is 0 Å². The average molecular weight is 535 g/mol. The number of anilines is 2.